The van der Waals surface area contributed by atoms with E-state index < -0.39 is 12.1 Å². The van der Waals surface area contributed by atoms with E-state index in [-0.39, 0.29) is 18.5 Å². The van der Waals surface area contributed by atoms with Crippen molar-refractivity contribution in [3.8, 4) is 0 Å². The number of allylic oxidation sites excluding steroid dienone is 1. The fourth-order valence-electron chi connectivity index (χ4n) is 11.8. The van der Waals surface area contributed by atoms with E-state index in [1.807, 2.05) is 6.08 Å². The zero-order chi connectivity index (χ0) is 57.1. The Balaban J connectivity index is 3.30. The van der Waals surface area contributed by atoms with Crippen molar-refractivity contribution in [2.45, 2.75) is 431 Å². The van der Waals surface area contributed by atoms with Crippen LogP contribution in [0.25, 0.3) is 0 Å². The van der Waals surface area contributed by atoms with Crippen LogP contribution in [-0.4, -0.2) is 47.4 Å². The largest absolute Gasteiger partial charge is 0.466 e. The Bertz CT molecular complexity index is 1190. The molecule has 3 N–H and O–H groups in total. The van der Waals surface area contributed by atoms with E-state index in [0.29, 0.717) is 19.4 Å². The lowest BCUT2D eigenvalue weighted by Crippen LogP contribution is -2.45. The predicted molar refractivity (Wildman–Crippen MR) is 347 cm³/mol. The highest BCUT2D eigenvalue weighted by Gasteiger charge is 2.18. The van der Waals surface area contributed by atoms with E-state index in [2.05, 4.69) is 19.2 Å². The standard InChI is InChI=1S/C73H143NO5/c1-3-5-7-9-11-13-15-17-18-19-32-36-39-43-47-51-55-59-63-67-73(78)79-68-64-60-56-52-48-44-40-37-34-31-29-27-25-23-21-20-22-24-26-28-30-33-35-38-42-46-50-54-58-62-66-72(77)74-70(69-75)71(76)65-61-57-53-49-45-41-16-14-12-10-8-6-4-2/h61,65,70-71,75-76H,3-60,62-64,66-69H2,1-2H3,(H,74,77)/b65-61+. The number of ether oxygens (including phenoxy) is 1. The van der Waals surface area contributed by atoms with Crippen molar-refractivity contribution in [3.63, 3.8) is 0 Å². The Labute approximate surface area is 495 Å². The first-order valence-electron chi connectivity index (χ1n) is 36.5. The molecule has 0 rings (SSSR count). The van der Waals surface area contributed by atoms with E-state index in [9.17, 15) is 19.8 Å². The minimum absolute atomic E-state index is 0.0256. The molecule has 0 radical (unpaired) electrons. The van der Waals surface area contributed by atoms with E-state index in [1.165, 1.54) is 353 Å². The lowest BCUT2D eigenvalue weighted by molar-refractivity contribution is -0.143. The summed E-state index contributed by atoms with van der Waals surface area (Å²) in [7, 11) is 0. The zero-order valence-electron chi connectivity index (χ0n) is 53.9. The van der Waals surface area contributed by atoms with Gasteiger partial charge in [-0.3, -0.25) is 9.59 Å². The van der Waals surface area contributed by atoms with Gasteiger partial charge in [0.2, 0.25) is 5.91 Å². The highest BCUT2D eigenvalue weighted by Crippen LogP contribution is 2.19. The Hall–Kier alpha value is -1.40. The van der Waals surface area contributed by atoms with Gasteiger partial charge in [-0.25, -0.2) is 0 Å². The third-order valence-electron chi connectivity index (χ3n) is 17.3. The van der Waals surface area contributed by atoms with Crippen molar-refractivity contribution in [2.24, 2.45) is 0 Å². The molecular formula is C73H143NO5. The van der Waals surface area contributed by atoms with Gasteiger partial charge in [-0.2, -0.15) is 0 Å². The quantitative estimate of drug-likeness (QED) is 0.0320. The number of aliphatic hydroxyl groups is 2. The molecule has 6 heteroatoms. The van der Waals surface area contributed by atoms with Crippen LogP contribution >= 0.6 is 0 Å². The van der Waals surface area contributed by atoms with Crippen molar-refractivity contribution in [2.75, 3.05) is 13.2 Å². The molecule has 2 atom stereocenters. The zero-order valence-corrected chi connectivity index (χ0v) is 53.9. The van der Waals surface area contributed by atoms with Gasteiger partial charge in [0.25, 0.3) is 0 Å². The molecule has 0 aliphatic heterocycles. The second-order valence-corrected chi connectivity index (χ2v) is 25.3. The molecule has 1 amide bonds. The van der Waals surface area contributed by atoms with Crippen LogP contribution in [0.4, 0.5) is 0 Å². The first-order valence-corrected chi connectivity index (χ1v) is 36.5. The van der Waals surface area contributed by atoms with Crippen LogP contribution in [0.2, 0.25) is 0 Å². The van der Waals surface area contributed by atoms with Crippen LogP contribution in [-0.2, 0) is 14.3 Å². The molecule has 470 valence electrons. The third kappa shape index (κ3) is 65.6. The van der Waals surface area contributed by atoms with Crippen molar-refractivity contribution in [1.82, 2.24) is 5.32 Å². The highest BCUT2D eigenvalue weighted by atomic mass is 16.5. The third-order valence-corrected chi connectivity index (χ3v) is 17.3. The minimum Gasteiger partial charge on any atom is -0.466 e. The number of esters is 1. The molecule has 0 aromatic rings. The molecule has 0 saturated carbocycles. The van der Waals surface area contributed by atoms with Gasteiger partial charge in [-0.05, 0) is 32.1 Å². The first kappa shape index (κ1) is 77.6. The summed E-state index contributed by atoms with van der Waals surface area (Å²) < 4.78 is 5.52. The summed E-state index contributed by atoms with van der Waals surface area (Å²) >= 11 is 0. The fraction of sp³-hybridized carbons (Fsp3) is 0.945. The number of hydrogen-bond donors (Lipinski definition) is 3. The molecule has 0 aliphatic rings. The van der Waals surface area contributed by atoms with Crippen LogP contribution < -0.4 is 5.32 Å². The van der Waals surface area contributed by atoms with Crippen LogP contribution in [0.3, 0.4) is 0 Å². The van der Waals surface area contributed by atoms with E-state index in [4.69, 9.17) is 4.74 Å². The van der Waals surface area contributed by atoms with Gasteiger partial charge in [-0.1, -0.05) is 386 Å². The number of unbranched alkanes of at least 4 members (excludes halogenated alkanes) is 58. The number of carbonyl (C=O) groups excluding carboxylic acids is 2. The Morgan fingerprint density at radius 1 is 0.342 bits per heavy atom. The molecule has 0 aromatic carbocycles. The SMILES string of the molecule is CCCCCCCCCCCCC/C=C/C(O)C(CO)NC(=O)CCCCCCCCCCCCCCCCCCCCCCCCCCCCCCCCOC(=O)CCCCCCCCCCCCCCCCCCCCC. The summed E-state index contributed by atoms with van der Waals surface area (Å²) in [4.78, 5) is 24.6. The second-order valence-electron chi connectivity index (χ2n) is 25.3. The highest BCUT2D eigenvalue weighted by molar-refractivity contribution is 5.76. The minimum atomic E-state index is -0.840. The van der Waals surface area contributed by atoms with Crippen molar-refractivity contribution in [1.29, 1.82) is 0 Å². The maximum absolute atomic E-state index is 12.5. The van der Waals surface area contributed by atoms with Gasteiger partial charge in [0.15, 0.2) is 0 Å². The van der Waals surface area contributed by atoms with Crippen molar-refractivity contribution < 1.29 is 24.5 Å². The van der Waals surface area contributed by atoms with Gasteiger partial charge in [0.05, 0.1) is 25.4 Å². The van der Waals surface area contributed by atoms with Crippen molar-refractivity contribution in [3.05, 3.63) is 12.2 Å². The Morgan fingerprint density at radius 2 is 0.582 bits per heavy atom. The molecule has 0 aliphatic carbocycles. The number of rotatable bonds is 69. The molecule has 0 fully saturated rings. The van der Waals surface area contributed by atoms with Crippen LogP contribution in [0, 0.1) is 0 Å². The van der Waals surface area contributed by atoms with E-state index in [1.54, 1.807) is 6.08 Å². The van der Waals surface area contributed by atoms with Crippen molar-refractivity contribution >= 4 is 11.9 Å². The van der Waals surface area contributed by atoms with Gasteiger partial charge < -0.3 is 20.3 Å². The Morgan fingerprint density at radius 3 is 0.861 bits per heavy atom. The van der Waals surface area contributed by atoms with Crippen LogP contribution in [0.1, 0.15) is 418 Å². The number of aliphatic hydroxyl groups excluding tert-OH is 2. The summed E-state index contributed by atoms with van der Waals surface area (Å²) in [5.41, 5.74) is 0. The lowest BCUT2D eigenvalue weighted by atomic mass is 10.0. The molecule has 6 nitrogen and oxygen atoms in total. The number of amides is 1. The molecule has 0 heterocycles. The summed E-state index contributed by atoms with van der Waals surface area (Å²) in [6, 6.07) is -0.623. The monoisotopic (exact) mass is 1110 g/mol. The number of hydrogen-bond acceptors (Lipinski definition) is 5. The normalized spacial score (nSPS) is 12.5. The molecule has 0 aromatic heterocycles. The second kappa shape index (κ2) is 69.1. The lowest BCUT2D eigenvalue weighted by Gasteiger charge is -2.20. The summed E-state index contributed by atoms with van der Waals surface area (Å²) in [5.74, 6) is -0.0363. The molecule has 0 saturated heterocycles. The number of nitrogens with one attached hydrogen (secondary N) is 1. The van der Waals surface area contributed by atoms with E-state index in [0.717, 1.165) is 38.5 Å². The van der Waals surface area contributed by atoms with Crippen LogP contribution in [0.15, 0.2) is 12.2 Å². The summed E-state index contributed by atoms with van der Waals surface area (Å²) in [6.45, 7) is 4.95. The molecule has 2 unspecified atom stereocenters. The number of carbonyl (C=O) groups is 2. The summed E-state index contributed by atoms with van der Waals surface area (Å²) in [5, 5.41) is 23.1. The molecule has 79 heavy (non-hydrogen) atoms. The Kier molecular flexibility index (Phi) is 67.9. The maximum atomic E-state index is 12.5. The average molecular weight is 1110 g/mol. The molecule has 0 bridgehead atoms. The van der Waals surface area contributed by atoms with Gasteiger partial charge in [0, 0.05) is 12.8 Å². The molecular weight excluding hydrogens is 971 g/mol. The van der Waals surface area contributed by atoms with Gasteiger partial charge >= 0.3 is 5.97 Å². The molecule has 0 spiro atoms. The fourth-order valence-corrected chi connectivity index (χ4v) is 11.8. The topological polar surface area (TPSA) is 95.9 Å². The average Bonchev–Trinajstić information content (AvgIpc) is 3.45. The first-order chi connectivity index (χ1) is 39.0. The predicted octanol–water partition coefficient (Wildman–Crippen LogP) is 23.5. The van der Waals surface area contributed by atoms with Gasteiger partial charge in [-0.15, -0.1) is 0 Å². The van der Waals surface area contributed by atoms with Crippen LogP contribution in [0.5, 0.6) is 0 Å². The summed E-state index contributed by atoms with van der Waals surface area (Å²) in [6.07, 6.45) is 86.0. The van der Waals surface area contributed by atoms with Gasteiger partial charge in [0.1, 0.15) is 0 Å². The van der Waals surface area contributed by atoms with E-state index >= 15 is 0 Å². The smallest absolute Gasteiger partial charge is 0.305 e. The maximum Gasteiger partial charge on any atom is 0.305 e.